The summed E-state index contributed by atoms with van der Waals surface area (Å²) in [6.07, 6.45) is 1.00. The van der Waals surface area contributed by atoms with E-state index in [1.807, 2.05) is 66.9 Å². The molecule has 7 heteroatoms. The number of aromatic amines is 1. The monoisotopic (exact) mass is 414 g/mol. The molecule has 0 fully saturated rings. The maximum absolute atomic E-state index is 12.4. The molecule has 1 atom stereocenters. The lowest BCUT2D eigenvalue weighted by molar-refractivity contribution is -0.121. The second-order valence-electron chi connectivity index (χ2n) is 6.89. The lowest BCUT2D eigenvalue weighted by Crippen LogP contribution is -2.34. The van der Waals surface area contributed by atoms with E-state index in [0.717, 1.165) is 27.5 Å². The third-order valence-electron chi connectivity index (χ3n) is 4.49. The molecule has 0 bridgehead atoms. The first-order valence-electron chi connectivity index (χ1n) is 9.19. The molecule has 0 saturated carbocycles. The van der Waals surface area contributed by atoms with E-state index < -0.39 is 0 Å². The molecular formula is C21H23ClN4OS. The standard InChI is InChI=1S/C21H23ClN4OS/c1-14-6-5-8-17(12-14)20-24-25-21(28)26(20)11-10-19(27)23-15(2)13-16-7-3-4-9-18(16)22/h3-9,12,15H,10-11,13H2,1-2H3,(H,23,27)(H,25,28)/t15-/m1/s1. The summed E-state index contributed by atoms with van der Waals surface area (Å²) < 4.78 is 2.37. The van der Waals surface area contributed by atoms with Gasteiger partial charge in [-0.25, -0.2) is 0 Å². The van der Waals surface area contributed by atoms with Crippen LogP contribution in [-0.4, -0.2) is 26.7 Å². The molecule has 0 aliphatic carbocycles. The molecular weight excluding hydrogens is 392 g/mol. The van der Waals surface area contributed by atoms with Gasteiger partial charge in [0.05, 0.1) is 0 Å². The second kappa shape index (κ2) is 9.17. The number of benzene rings is 2. The van der Waals surface area contributed by atoms with Crippen molar-refractivity contribution >= 4 is 29.7 Å². The van der Waals surface area contributed by atoms with Crippen molar-refractivity contribution in [1.29, 1.82) is 0 Å². The van der Waals surface area contributed by atoms with E-state index in [1.54, 1.807) is 0 Å². The molecule has 3 rings (SSSR count). The molecule has 0 aliphatic rings. The van der Waals surface area contributed by atoms with Crippen LogP contribution in [0.15, 0.2) is 48.5 Å². The van der Waals surface area contributed by atoms with E-state index >= 15 is 0 Å². The third-order valence-corrected chi connectivity index (χ3v) is 5.17. The normalized spacial score (nSPS) is 12.0. The second-order valence-corrected chi connectivity index (χ2v) is 7.68. The van der Waals surface area contributed by atoms with Crippen LogP contribution in [0.25, 0.3) is 11.4 Å². The summed E-state index contributed by atoms with van der Waals surface area (Å²) in [5.74, 6) is 0.712. The number of H-pyrrole nitrogens is 1. The average molecular weight is 415 g/mol. The zero-order valence-corrected chi connectivity index (χ0v) is 17.5. The van der Waals surface area contributed by atoms with Gasteiger partial charge >= 0.3 is 0 Å². The summed E-state index contributed by atoms with van der Waals surface area (Å²) in [5.41, 5.74) is 3.14. The number of aryl methyl sites for hydroxylation is 1. The largest absolute Gasteiger partial charge is 0.353 e. The number of nitrogens with zero attached hydrogens (tertiary/aromatic N) is 2. The lowest BCUT2D eigenvalue weighted by Gasteiger charge is -2.15. The highest BCUT2D eigenvalue weighted by Gasteiger charge is 2.13. The quantitative estimate of drug-likeness (QED) is 0.550. The topological polar surface area (TPSA) is 62.7 Å². The van der Waals surface area contributed by atoms with E-state index in [4.69, 9.17) is 23.8 Å². The first-order chi connectivity index (χ1) is 13.4. The molecule has 5 nitrogen and oxygen atoms in total. The minimum absolute atomic E-state index is 0.0130. The van der Waals surface area contributed by atoms with Crippen LogP contribution >= 0.6 is 23.8 Å². The number of rotatable bonds is 7. The minimum Gasteiger partial charge on any atom is -0.353 e. The van der Waals surface area contributed by atoms with Crippen molar-refractivity contribution in [2.75, 3.05) is 0 Å². The van der Waals surface area contributed by atoms with Crippen LogP contribution in [-0.2, 0) is 17.8 Å². The molecule has 1 aromatic heterocycles. The summed E-state index contributed by atoms with van der Waals surface area (Å²) in [7, 11) is 0. The maximum Gasteiger partial charge on any atom is 0.222 e. The Labute approximate surface area is 174 Å². The Morgan fingerprint density at radius 3 is 2.82 bits per heavy atom. The fraction of sp³-hybridized carbons (Fsp3) is 0.286. The summed E-state index contributed by atoms with van der Waals surface area (Å²) in [4.78, 5) is 12.4. The Bertz CT molecular complexity index is 1030. The SMILES string of the molecule is Cc1cccc(-c2n[nH]c(=S)n2CCC(=O)N[C@H](C)Cc2ccccc2Cl)c1. The van der Waals surface area contributed by atoms with Gasteiger partial charge in [-0.05, 0) is 50.2 Å². The van der Waals surface area contributed by atoms with Crippen LogP contribution in [0.2, 0.25) is 5.02 Å². The van der Waals surface area contributed by atoms with E-state index in [0.29, 0.717) is 24.2 Å². The molecule has 2 aromatic carbocycles. The van der Waals surface area contributed by atoms with Crippen LogP contribution in [0.3, 0.4) is 0 Å². The van der Waals surface area contributed by atoms with Gasteiger partial charge in [0.1, 0.15) is 0 Å². The minimum atomic E-state index is -0.0298. The Kier molecular flexibility index (Phi) is 6.65. The molecule has 1 amide bonds. The van der Waals surface area contributed by atoms with E-state index in [-0.39, 0.29) is 11.9 Å². The number of carbonyl (C=O) groups excluding carboxylic acids is 1. The summed E-state index contributed by atoms with van der Waals surface area (Å²) in [6, 6.07) is 15.7. The Morgan fingerprint density at radius 2 is 2.07 bits per heavy atom. The highest BCUT2D eigenvalue weighted by atomic mass is 35.5. The van der Waals surface area contributed by atoms with Gasteiger partial charge in [-0.15, -0.1) is 0 Å². The smallest absolute Gasteiger partial charge is 0.222 e. The van der Waals surface area contributed by atoms with Gasteiger partial charge in [-0.2, -0.15) is 5.10 Å². The Hall–Kier alpha value is -2.44. The summed E-state index contributed by atoms with van der Waals surface area (Å²) in [6.45, 7) is 4.47. The summed E-state index contributed by atoms with van der Waals surface area (Å²) >= 11 is 11.5. The van der Waals surface area contributed by atoms with Crippen molar-refractivity contribution in [2.24, 2.45) is 0 Å². The van der Waals surface area contributed by atoms with Crippen LogP contribution in [0, 0.1) is 11.7 Å². The number of nitrogens with one attached hydrogen (secondary N) is 2. The molecule has 2 N–H and O–H groups in total. The number of amides is 1. The zero-order valence-electron chi connectivity index (χ0n) is 15.9. The fourth-order valence-corrected chi connectivity index (χ4v) is 3.57. The predicted molar refractivity (Wildman–Crippen MR) is 115 cm³/mol. The average Bonchev–Trinajstić information content (AvgIpc) is 3.02. The number of halogens is 1. The maximum atomic E-state index is 12.4. The Morgan fingerprint density at radius 1 is 1.29 bits per heavy atom. The van der Waals surface area contributed by atoms with Crippen LogP contribution < -0.4 is 5.32 Å². The third kappa shape index (κ3) is 5.09. The van der Waals surface area contributed by atoms with Gasteiger partial charge in [0.2, 0.25) is 5.91 Å². The van der Waals surface area contributed by atoms with Crippen molar-refractivity contribution in [3.05, 3.63) is 69.5 Å². The van der Waals surface area contributed by atoms with Crippen molar-refractivity contribution in [2.45, 2.75) is 39.3 Å². The molecule has 0 saturated heterocycles. The van der Waals surface area contributed by atoms with E-state index in [2.05, 4.69) is 15.5 Å². The molecule has 0 spiro atoms. The van der Waals surface area contributed by atoms with Crippen LogP contribution in [0.4, 0.5) is 0 Å². The Balaban J connectivity index is 1.61. The zero-order chi connectivity index (χ0) is 20.1. The van der Waals surface area contributed by atoms with E-state index in [9.17, 15) is 4.79 Å². The molecule has 146 valence electrons. The van der Waals surface area contributed by atoms with Gasteiger partial charge in [0.15, 0.2) is 10.6 Å². The van der Waals surface area contributed by atoms with E-state index in [1.165, 1.54) is 0 Å². The molecule has 1 heterocycles. The van der Waals surface area contributed by atoms with Crippen molar-refractivity contribution < 1.29 is 4.79 Å². The van der Waals surface area contributed by atoms with Gasteiger partial charge < -0.3 is 5.32 Å². The highest BCUT2D eigenvalue weighted by Crippen LogP contribution is 2.19. The number of carbonyl (C=O) groups is 1. The first kappa shape index (κ1) is 20.3. The molecule has 0 aliphatic heterocycles. The first-order valence-corrected chi connectivity index (χ1v) is 9.97. The number of aromatic nitrogens is 3. The number of hydrogen-bond acceptors (Lipinski definition) is 3. The summed E-state index contributed by atoms with van der Waals surface area (Å²) in [5, 5.41) is 10.9. The van der Waals surface area contributed by atoms with Crippen molar-refractivity contribution in [1.82, 2.24) is 20.1 Å². The highest BCUT2D eigenvalue weighted by molar-refractivity contribution is 7.71. The van der Waals surface area contributed by atoms with Crippen molar-refractivity contribution in [3.8, 4) is 11.4 Å². The van der Waals surface area contributed by atoms with Crippen LogP contribution in [0.5, 0.6) is 0 Å². The molecule has 28 heavy (non-hydrogen) atoms. The lowest BCUT2D eigenvalue weighted by atomic mass is 10.1. The number of hydrogen-bond donors (Lipinski definition) is 2. The van der Waals surface area contributed by atoms with Crippen molar-refractivity contribution in [3.63, 3.8) is 0 Å². The molecule has 0 unspecified atom stereocenters. The van der Waals surface area contributed by atoms with Gasteiger partial charge in [-0.1, -0.05) is 53.6 Å². The molecule has 0 radical (unpaired) electrons. The fourth-order valence-electron chi connectivity index (χ4n) is 3.13. The predicted octanol–water partition coefficient (Wildman–Crippen LogP) is 4.71. The molecule has 3 aromatic rings. The van der Waals surface area contributed by atoms with Gasteiger partial charge in [0, 0.05) is 29.6 Å². The van der Waals surface area contributed by atoms with Crippen LogP contribution in [0.1, 0.15) is 24.5 Å². The van der Waals surface area contributed by atoms with Gasteiger partial charge in [-0.3, -0.25) is 14.5 Å². The van der Waals surface area contributed by atoms with Gasteiger partial charge in [0.25, 0.3) is 0 Å².